The molecule has 114 valence electrons. The molecule has 3 rings (SSSR count). The van der Waals surface area contributed by atoms with Crippen LogP contribution in [0.15, 0.2) is 23.2 Å². The number of nitriles is 2. The van der Waals surface area contributed by atoms with E-state index < -0.39 is 0 Å². The number of fused-ring (bicyclic) bond motifs is 1. The van der Waals surface area contributed by atoms with Gasteiger partial charge in [0.15, 0.2) is 11.5 Å². The fourth-order valence-corrected chi connectivity index (χ4v) is 3.11. The van der Waals surface area contributed by atoms with Gasteiger partial charge in [-0.25, -0.2) is 4.98 Å². The molecule has 0 atom stereocenters. The van der Waals surface area contributed by atoms with Crippen molar-refractivity contribution in [2.75, 3.05) is 18.3 Å². The van der Waals surface area contributed by atoms with E-state index in [2.05, 4.69) is 17.1 Å². The third kappa shape index (κ3) is 2.52. The van der Waals surface area contributed by atoms with Crippen LogP contribution in [0.5, 0.6) is 11.5 Å². The number of hydrogen-bond acceptors (Lipinski definition) is 7. The maximum atomic E-state index is 9.58. The molecule has 0 unspecified atom stereocenters. The van der Waals surface area contributed by atoms with Crippen LogP contribution >= 0.6 is 11.8 Å². The van der Waals surface area contributed by atoms with E-state index >= 15 is 0 Å². The Kier molecular flexibility index (Phi) is 3.96. The summed E-state index contributed by atoms with van der Waals surface area (Å²) in [5.41, 5.74) is 7.63. The van der Waals surface area contributed by atoms with Gasteiger partial charge in [0.05, 0.1) is 5.56 Å². The zero-order valence-corrected chi connectivity index (χ0v) is 13.1. The average Bonchev–Trinajstić information content (AvgIpc) is 3.02. The Bertz CT molecular complexity index is 868. The van der Waals surface area contributed by atoms with E-state index in [0.717, 1.165) is 5.75 Å². The van der Waals surface area contributed by atoms with Crippen LogP contribution in [0.25, 0.3) is 11.1 Å². The minimum atomic E-state index is 0.120. The zero-order valence-electron chi connectivity index (χ0n) is 12.3. The molecule has 0 fully saturated rings. The van der Waals surface area contributed by atoms with Crippen LogP contribution in [-0.4, -0.2) is 17.5 Å². The minimum absolute atomic E-state index is 0.120. The molecular formula is C16H12N4O2S. The highest BCUT2D eigenvalue weighted by molar-refractivity contribution is 7.99. The SMILES string of the molecule is CCSc1nc(N)c(C#N)c(-c2ccc3c(c2)OCO3)c1C#N. The molecule has 0 aliphatic carbocycles. The van der Waals surface area contributed by atoms with Gasteiger partial charge in [0.2, 0.25) is 6.79 Å². The molecular weight excluding hydrogens is 312 g/mol. The molecule has 0 spiro atoms. The zero-order chi connectivity index (χ0) is 16.4. The summed E-state index contributed by atoms with van der Waals surface area (Å²) >= 11 is 1.42. The van der Waals surface area contributed by atoms with Gasteiger partial charge in [0.25, 0.3) is 0 Å². The number of anilines is 1. The molecule has 23 heavy (non-hydrogen) atoms. The standard InChI is InChI=1S/C16H12N4O2S/c1-2-23-16-11(7-18)14(10(6-17)15(19)20-16)9-3-4-12-13(5-9)22-8-21-12/h3-5H,2,8H2,1H3,(H2,19,20). The molecule has 0 bridgehead atoms. The number of nitrogen functional groups attached to an aromatic ring is 1. The number of pyridine rings is 1. The summed E-state index contributed by atoms with van der Waals surface area (Å²) in [7, 11) is 0. The van der Waals surface area contributed by atoms with Crippen molar-refractivity contribution in [1.82, 2.24) is 4.98 Å². The van der Waals surface area contributed by atoms with E-state index in [-0.39, 0.29) is 18.2 Å². The number of ether oxygens (including phenoxy) is 2. The summed E-state index contributed by atoms with van der Waals surface area (Å²) in [5.74, 6) is 2.08. The Hall–Kier alpha value is -2.90. The van der Waals surface area contributed by atoms with Crippen LogP contribution in [0.3, 0.4) is 0 Å². The fourth-order valence-electron chi connectivity index (χ4n) is 2.38. The normalized spacial score (nSPS) is 11.8. The predicted molar refractivity (Wildman–Crippen MR) is 86.0 cm³/mol. The first-order valence-electron chi connectivity index (χ1n) is 6.86. The van der Waals surface area contributed by atoms with E-state index in [1.807, 2.05) is 6.92 Å². The quantitative estimate of drug-likeness (QED) is 0.865. The lowest BCUT2D eigenvalue weighted by molar-refractivity contribution is 0.174. The first-order chi connectivity index (χ1) is 11.2. The Balaban J connectivity index is 2.29. The minimum Gasteiger partial charge on any atom is -0.454 e. The number of rotatable bonds is 3. The van der Waals surface area contributed by atoms with Gasteiger partial charge in [-0.1, -0.05) is 13.0 Å². The highest BCUT2D eigenvalue weighted by Gasteiger charge is 2.22. The average molecular weight is 324 g/mol. The third-order valence-corrected chi connectivity index (χ3v) is 4.22. The van der Waals surface area contributed by atoms with Gasteiger partial charge >= 0.3 is 0 Å². The van der Waals surface area contributed by atoms with Crippen molar-refractivity contribution in [2.45, 2.75) is 11.9 Å². The lowest BCUT2D eigenvalue weighted by Gasteiger charge is -2.12. The second kappa shape index (κ2) is 6.07. The largest absolute Gasteiger partial charge is 0.454 e. The monoisotopic (exact) mass is 324 g/mol. The molecule has 0 saturated carbocycles. The van der Waals surface area contributed by atoms with E-state index in [1.165, 1.54) is 11.8 Å². The van der Waals surface area contributed by atoms with Crippen molar-refractivity contribution in [3.05, 3.63) is 29.3 Å². The molecule has 1 aromatic heterocycles. The summed E-state index contributed by atoms with van der Waals surface area (Å²) in [4.78, 5) is 4.20. The van der Waals surface area contributed by atoms with Gasteiger partial charge < -0.3 is 15.2 Å². The summed E-state index contributed by atoms with van der Waals surface area (Å²) in [5, 5.41) is 19.6. The van der Waals surface area contributed by atoms with Crippen molar-refractivity contribution < 1.29 is 9.47 Å². The van der Waals surface area contributed by atoms with E-state index in [0.29, 0.717) is 33.2 Å². The molecule has 2 aromatic rings. The van der Waals surface area contributed by atoms with Crippen LogP contribution in [0, 0.1) is 22.7 Å². The number of thioether (sulfide) groups is 1. The molecule has 1 aromatic carbocycles. The van der Waals surface area contributed by atoms with Crippen LogP contribution in [0.2, 0.25) is 0 Å². The van der Waals surface area contributed by atoms with Crippen LogP contribution in [-0.2, 0) is 0 Å². The molecule has 2 heterocycles. The molecule has 1 aliphatic rings. The summed E-state index contributed by atoms with van der Waals surface area (Å²) in [6.45, 7) is 2.12. The molecule has 6 nitrogen and oxygen atoms in total. The van der Waals surface area contributed by atoms with Gasteiger partial charge in [-0.2, -0.15) is 10.5 Å². The second-order valence-electron chi connectivity index (χ2n) is 4.65. The molecule has 0 amide bonds. The van der Waals surface area contributed by atoms with E-state index in [1.54, 1.807) is 18.2 Å². The van der Waals surface area contributed by atoms with Crippen molar-refractivity contribution in [2.24, 2.45) is 0 Å². The number of nitrogens with two attached hydrogens (primary N) is 1. The number of aromatic nitrogens is 1. The maximum Gasteiger partial charge on any atom is 0.231 e. The van der Waals surface area contributed by atoms with E-state index in [4.69, 9.17) is 15.2 Å². The molecule has 0 saturated heterocycles. The number of benzene rings is 1. The fraction of sp³-hybridized carbons (Fsp3) is 0.188. The van der Waals surface area contributed by atoms with Crippen molar-refractivity contribution in [3.63, 3.8) is 0 Å². The topological polar surface area (TPSA) is 105 Å². The predicted octanol–water partition coefficient (Wildman–Crippen LogP) is 2.91. The lowest BCUT2D eigenvalue weighted by Crippen LogP contribution is -2.03. The van der Waals surface area contributed by atoms with E-state index in [9.17, 15) is 10.5 Å². The maximum absolute atomic E-state index is 9.58. The molecule has 2 N–H and O–H groups in total. The van der Waals surface area contributed by atoms with Gasteiger partial charge in [-0.3, -0.25) is 0 Å². The van der Waals surface area contributed by atoms with Gasteiger partial charge in [-0.05, 0) is 23.4 Å². The van der Waals surface area contributed by atoms with Gasteiger partial charge in [0.1, 0.15) is 28.5 Å². The van der Waals surface area contributed by atoms with Crippen LogP contribution < -0.4 is 15.2 Å². The van der Waals surface area contributed by atoms with Crippen molar-refractivity contribution in [3.8, 4) is 34.8 Å². The first-order valence-corrected chi connectivity index (χ1v) is 7.84. The van der Waals surface area contributed by atoms with Crippen LogP contribution in [0.4, 0.5) is 5.82 Å². The lowest BCUT2D eigenvalue weighted by atomic mass is 9.96. The molecule has 0 radical (unpaired) electrons. The Morgan fingerprint density at radius 2 is 1.96 bits per heavy atom. The number of nitrogens with zero attached hydrogens (tertiary/aromatic N) is 3. The van der Waals surface area contributed by atoms with Crippen molar-refractivity contribution >= 4 is 17.6 Å². The molecule has 7 heteroatoms. The van der Waals surface area contributed by atoms with Gasteiger partial charge in [-0.15, -0.1) is 11.8 Å². The Morgan fingerprint density at radius 1 is 1.22 bits per heavy atom. The highest BCUT2D eigenvalue weighted by Crippen LogP contribution is 2.40. The molecule has 1 aliphatic heterocycles. The third-order valence-electron chi connectivity index (χ3n) is 3.36. The van der Waals surface area contributed by atoms with Gasteiger partial charge in [0, 0.05) is 5.56 Å². The second-order valence-corrected chi connectivity index (χ2v) is 5.90. The Labute approximate surface area is 137 Å². The smallest absolute Gasteiger partial charge is 0.231 e. The summed E-state index contributed by atoms with van der Waals surface area (Å²) in [6.07, 6.45) is 0. The highest BCUT2D eigenvalue weighted by atomic mass is 32.2. The van der Waals surface area contributed by atoms with Crippen molar-refractivity contribution in [1.29, 1.82) is 10.5 Å². The summed E-state index contributed by atoms with van der Waals surface area (Å²) < 4.78 is 10.7. The Morgan fingerprint density at radius 3 is 2.65 bits per heavy atom. The summed E-state index contributed by atoms with van der Waals surface area (Å²) in [6, 6.07) is 9.49. The number of hydrogen-bond donors (Lipinski definition) is 1. The van der Waals surface area contributed by atoms with Crippen LogP contribution in [0.1, 0.15) is 18.1 Å². The first kappa shape index (κ1) is 15.0.